The zero-order chi connectivity index (χ0) is 19.7. The van der Waals surface area contributed by atoms with E-state index in [-0.39, 0.29) is 17.3 Å². The summed E-state index contributed by atoms with van der Waals surface area (Å²) in [7, 11) is 0. The van der Waals surface area contributed by atoms with Gasteiger partial charge in [0.25, 0.3) is 5.69 Å². The number of thiophene rings is 1. The Bertz CT molecular complexity index is 1060. The number of hydrogen-bond donors (Lipinski definition) is 1. The van der Waals surface area contributed by atoms with E-state index in [0.717, 1.165) is 26.4 Å². The van der Waals surface area contributed by atoms with Crippen LogP contribution in [0.5, 0.6) is 0 Å². The molecule has 9 heteroatoms. The molecule has 27 heavy (non-hydrogen) atoms. The van der Waals surface area contributed by atoms with Crippen LogP contribution in [0.4, 0.5) is 11.4 Å². The fourth-order valence-electron chi connectivity index (χ4n) is 2.60. The number of hydrogen-bond acceptors (Lipinski definition) is 7. The van der Waals surface area contributed by atoms with Gasteiger partial charge in [-0.2, -0.15) is 0 Å². The molecular weight excluding hydrogens is 384 g/mol. The first kappa shape index (κ1) is 19.2. The number of carbonyl (C=O) groups is 1. The third kappa shape index (κ3) is 4.09. The molecule has 0 saturated carbocycles. The van der Waals surface area contributed by atoms with Crippen LogP contribution in [-0.2, 0) is 4.79 Å². The minimum Gasteiger partial charge on any atom is -0.325 e. The molecule has 0 aliphatic rings. The summed E-state index contributed by atoms with van der Waals surface area (Å²) in [5, 5.41) is 15.5. The van der Waals surface area contributed by atoms with Crippen LogP contribution in [-0.4, -0.2) is 26.6 Å². The van der Waals surface area contributed by atoms with Crippen molar-refractivity contribution in [2.24, 2.45) is 0 Å². The van der Waals surface area contributed by atoms with E-state index in [1.807, 2.05) is 20.8 Å². The number of fused-ring (bicyclic) bond motifs is 1. The highest BCUT2D eigenvalue weighted by Gasteiger charge is 2.16. The molecule has 0 bridgehead atoms. The number of non-ortho nitro benzene ring substituents is 1. The molecule has 1 aromatic carbocycles. The molecule has 0 fully saturated rings. The molecule has 0 radical (unpaired) electrons. The summed E-state index contributed by atoms with van der Waals surface area (Å²) < 4.78 is 0. The van der Waals surface area contributed by atoms with Gasteiger partial charge in [-0.15, -0.1) is 11.3 Å². The van der Waals surface area contributed by atoms with Crippen LogP contribution in [0.15, 0.2) is 23.2 Å². The lowest BCUT2D eigenvalue weighted by molar-refractivity contribution is -0.384. The number of rotatable bonds is 5. The molecule has 0 unspecified atom stereocenters. The summed E-state index contributed by atoms with van der Waals surface area (Å²) in [6, 6.07) is 4.41. The van der Waals surface area contributed by atoms with E-state index in [4.69, 9.17) is 0 Å². The van der Waals surface area contributed by atoms with Crippen molar-refractivity contribution in [1.82, 2.24) is 9.97 Å². The van der Waals surface area contributed by atoms with Crippen LogP contribution in [0.25, 0.3) is 10.2 Å². The Labute approximate surface area is 164 Å². The number of carbonyl (C=O) groups excluding carboxylic acids is 1. The molecule has 7 nitrogen and oxygen atoms in total. The summed E-state index contributed by atoms with van der Waals surface area (Å²) in [5.74, 6) is 0.584. The minimum atomic E-state index is -0.480. The van der Waals surface area contributed by atoms with Crippen LogP contribution in [0.2, 0.25) is 0 Å². The minimum absolute atomic E-state index is 0.0546. The molecule has 0 aliphatic carbocycles. The molecule has 2 heterocycles. The van der Waals surface area contributed by atoms with Crippen LogP contribution < -0.4 is 5.32 Å². The van der Waals surface area contributed by atoms with Gasteiger partial charge >= 0.3 is 0 Å². The van der Waals surface area contributed by atoms with Crippen LogP contribution in [0, 0.1) is 37.8 Å². The standard InChI is InChI=1S/C18H18N4O3S2/c1-9-5-6-13(22(24)25)7-14(9)21-15(23)8-26-17-16-10(2)11(3)27-18(16)20-12(4)19-17/h5-7H,8H2,1-4H3,(H,21,23). The Balaban J connectivity index is 1.78. The van der Waals surface area contributed by atoms with E-state index in [1.54, 1.807) is 24.3 Å². The Morgan fingerprint density at radius 1 is 1.26 bits per heavy atom. The number of thioether (sulfide) groups is 1. The molecule has 3 aromatic rings. The van der Waals surface area contributed by atoms with Crippen molar-refractivity contribution in [3.05, 3.63) is 50.1 Å². The highest BCUT2D eigenvalue weighted by atomic mass is 32.2. The summed E-state index contributed by atoms with van der Waals surface area (Å²) in [5.41, 5.74) is 2.29. The van der Waals surface area contributed by atoms with Gasteiger partial charge in [0.2, 0.25) is 5.91 Å². The second-order valence-electron chi connectivity index (χ2n) is 6.13. The van der Waals surface area contributed by atoms with Gasteiger partial charge < -0.3 is 5.32 Å². The molecular formula is C18H18N4O3S2. The molecule has 2 aromatic heterocycles. The second kappa shape index (κ2) is 7.61. The topological polar surface area (TPSA) is 98.0 Å². The lowest BCUT2D eigenvalue weighted by Crippen LogP contribution is -2.15. The van der Waals surface area contributed by atoms with E-state index < -0.39 is 4.92 Å². The maximum atomic E-state index is 12.4. The van der Waals surface area contributed by atoms with Crippen molar-refractivity contribution in [1.29, 1.82) is 0 Å². The number of aryl methyl sites for hydroxylation is 4. The molecule has 0 saturated heterocycles. The van der Waals surface area contributed by atoms with Crippen molar-refractivity contribution in [2.45, 2.75) is 32.7 Å². The lowest BCUT2D eigenvalue weighted by atomic mass is 10.2. The Kier molecular flexibility index (Phi) is 5.43. The van der Waals surface area contributed by atoms with Crippen LogP contribution >= 0.6 is 23.1 Å². The zero-order valence-electron chi connectivity index (χ0n) is 15.3. The number of nitrogens with zero attached hydrogens (tertiary/aromatic N) is 3. The lowest BCUT2D eigenvalue weighted by Gasteiger charge is -2.09. The van der Waals surface area contributed by atoms with Gasteiger partial charge in [0.15, 0.2) is 0 Å². The molecule has 0 spiro atoms. The summed E-state index contributed by atoms with van der Waals surface area (Å²) in [6.45, 7) is 7.70. The summed E-state index contributed by atoms with van der Waals surface area (Å²) >= 11 is 2.97. The highest BCUT2D eigenvalue weighted by molar-refractivity contribution is 8.00. The number of amides is 1. The SMILES string of the molecule is Cc1nc(SCC(=O)Nc2cc([N+](=O)[O-])ccc2C)c2c(C)c(C)sc2n1. The van der Waals surface area contributed by atoms with Gasteiger partial charge in [0, 0.05) is 22.4 Å². The van der Waals surface area contributed by atoms with Crippen molar-refractivity contribution >= 4 is 50.6 Å². The number of aromatic nitrogens is 2. The van der Waals surface area contributed by atoms with Gasteiger partial charge in [0.1, 0.15) is 15.7 Å². The molecule has 1 N–H and O–H groups in total. The highest BCUT2D eigenvalue weighted by Crippen LogP contribution is 2.35. The third-order valence-corrected chi connectivity index (χ3v) is 6.23. The number of anilines is 1. The van der Waals surface area contributed by atoms with Gasteiger partial charge in [-0.25, -0.2) is 9.97 Å². The van der Waals surface area contributed by atoms with E-state index in [0.29, 0.717) is 11.5 Å². The average Bonchev–Trinajstić information content (AvgIpc) is 2.88. The number of nitrogens with one attached hydrogen (secondary N) is 1. The van der Waals surface area contributed by atoms with E-state index in [1.165, 1.54) is 28.8 Å². The number of nitro benzene ring substituents is 1. The first-order valence-electron chi connectivity index (χ1n) is 8.18. The fourth-order valence-corrected chi connectivity index (χ4v) is 4.67. The van der Waals surface area contributed by atoms with E-state index in [9.17, 15) is 14.9 Å². The monoisotopic (exact) mass is 402 g/mol. The summed E-state index contributed by atoms with van der Waals surface area (Å²) in [4.78, 5) is 33.9. The van der Waals surface area contributed by atoms with Gasteiger partial charge in [-0.1, -0.05) is 17.8 Å². The first-order chi connectivity index (χ1) is 12.8. The maximum Gasteiger partial charge on any atom is 0.271 e. The average molecular weight is 403 g/mol. The van der Waals surface area contributed by atoms with Crippen molar-refractivity contribution in [3.8, 4) is 0 Å². The third-order valence-electron chi connectivity index (χ3n) is 4.15. The molecule has 140 valence electrons. The Hall–Kier alpha value is -2.52. The summed E-state index contributed by atoms with van der Waals surface area (Å²) in [6.07, 6.45) is 0. The zero-order valence-corrected chi connectivity index (χ0v) is 17.0. The quantitative estimate of drug-likeness (QED) is 0.291. The van der Waals surface area contributed by atoms with E-state index >= 15 is 0 Å². The Morgan fingerprint density at radius 2 is 2.00 bits per heavy atom. The predicted octanol–water partition coefficient (Wildman–Crippen LogP) is 4.56. The molecule has 1 amide bonds. The first-order valence-corrected chi connectivity index (χ1v) is 9.98. The Morgan fingerprint density at radius 3 is 2.70 bits per heavy atom. The predicted molar refractivity (Wildman–Crippen MR) is 109 cm³/mol. The fraction of sp³-hybridized carbons (Fsp3) is 0.278. The van der Waals surface area contributed by atoms with Gasteiger partial charge in [0.05, 0.1) is 16.4 Å². The molecule has 0 atom stereocenters. The molecule has 0 aliphatic heterocycles. The van der Waals surface area contributed by atoms with Crippen LogP contribution in [0.3, 0.4) is 0 Å². The molecule has 3 rings (SSSR count). The largest absolute Gasteiger partial charge is 0.325 e. The maximum absolute atomic E-state index is 12.4. The smallest absolute Gasteiger partial charge is 0.271 e. The second-order valence-corrected chi connectivity index (χ2v) is 8.30. The normalized spacial score (nSPS) is 11.0. The van der Waals surface area contributed by atoms with Crippen LogP contribution in [0.1, 0.15) is 21.8 Å². The van der Waals surface area contributed by atoms with Crippen molar-refractivity contribution in [2.75, 3.05) is 11.1 Å². The van der Waals surface area contributed by atoms with E-state index in [2.05, 4.69) is 15.3 Å². The van der Waals surface area contributed by atoms with Gasteiger partial charge in [-0.3, -0.25) is 14.9 Å². The number of benzene rings is 1. The van der Waals surface area contributed by atoms with Crippen molar-refractivity contribution in [3.63, 3.8) is 0 Å². The number of nitro groups is 1. The van der Waals surface area contributed by atoms with Gasteiger partial charge in [-0.05, 0) is 38.8 Å². The van der Waals surface area contributed by atoms with Crippen molar-refractivity contribution < 1.29 is 9.72 Å².